The molecule has 3 rings (SSSR count). The Morgan fingerprint density at radius 1 is 1.35 bits per heavy atom. The number of nitrogens with zero attached hydrogens (tertiary/aromatic N) is 2. The van der Waals surface area contributed by atoms with Gasteiger partial charge in [0.05, 0.1) is 6.54 Å². The SMILES string of the molecule is NCc1nc(-c2ccc(C3CCSCC3)c(Cl)c2)no1. The number of nitrogens with two attached hydrogens (primary N) is 1. The number of hydrogen-bond acceptors (Lipinski definition) is 5. The first-order valence-electron chi connectivity index (χ1n) is 6.68. The van der Waals surface area contributed by atoms with Gasteiger partial charge in [-0.05, 0) is 41.9 Å². The van der Waals surface area contributed by atoms with Crippen molar-refractivity contribution in [2.45, 2.75) is 25.3 Å². The number of benzene rings is 1. The molecule has 0 aliphatic carbocycles. The van der Waals surface area contributed by atoms with Gasteiger partial charge >= 0.3 is 0 Å². The van der Waals surface area contributed by atoms with Crippen LogP contribution in [0.2, 0.25) is 5.02 Å². The third-order valence-electron chi connectivity index (χ3n) is 3.56. The minimum absolute atomic E-state index is 0.249. The third-order valence-corrected chi connectivity index (χ3v) is 4.94. The molecule has 0 unspecified atom stereocenters. The fourth-order valence-electron chi connectivity index (χ4n) is 2.46. The molecule has 4 nitrogen and oxygen atoms in total. The Morgan fingerprint density at radius 2 is 2.15 bits per heavy atom. The van der Waals surface area contributed by atoms with Crippen molar-refractivity contribution >= 4 is 23.4 Å². The van der Waals surface area contributed by atoms with Gasteiger partial charge in [-0.25, -0.2) is 0 Å². The summed E-state index contributed by atoms with van der Waals surface area (Å²) in [7, 11) is 0. The van der Waals surface area contributed by atoms with E-state index in [4.69, 9.17) is 21.9 Å². The molecule has 1 aliphatic rings. The number of halogens is 1. The largest absolute Gasteiger partial charge is 0.338 e. The Bertz CT molecular complexity index is 596. The van der Waals surface area contributed by atoms with Crippen LogP contribution >= 0.6 is 23.4 Å². The van der Waals surface area contributed by atoms with Crippen LogP contribution in [0.5, 0.6) is 0 Å². The first-order valence-corrected chi connectivity index (χ1v) is 8.21. The molecule has 6 heteroatoms. The quantitative estimate of drug-likeness (QED) is 0.940. The van der Waals surface area contributed by atoms with Crippen molar-refractivity contribution in [3.8, 4) is 11.4 Å². The van der Waals surface area contributed by atoms with E-state index in [0.717, 1.165) is 10.6 Å². The number of aromatic nitrogens is 2. The van der Waals surface area contributed by atoms with Gasteiger partial charge in [0.1, 0.15) is 0 Å². The van der Waals surface area contributed by atoms with E-state index < -0.39 is 0 Å². The molecule has 1 aromatic heterocycles. The normalized spacial score (nSPS) is 16.5. The lowest BCUT2D eigenvalue weighted by atomic mass is 9.92. The molecule has 2 N–H and O–H groups in total. The summed E-state index contributed by atoms with van der Waals surface area (Å²) in [6.07, 6.45) is 2.40. The van der Waals surface area contributed by atoms with Gasteiger partial charge in [0.2, 0.25) is 11.7 Å². The van der Waals surface area contributed by atoms with Crippen molar-refractivity contribution in [1.82, 2.24) is 10.1 Å². The minimum Gasteiger partial charge on any atom is -0.338 e. The molecule has 0 radical (unpaired) electrons. The molecule has 20 heavy (non-hydrogen) atoms. The van der Waals surface area contributed by atoms with Gasteiger partial charge in [-0.3, -0.25) is 0 Å². The second-order valence-corrected chi connectivity index (χ2v) is 6.47. The van der Waals surface area contributed by atoms with Gasteiger partial charge in [0.25, 0.3) is 0 Å². The van der Waals surface area contributed by atoms with Gasteiger partial charge < -0.3 is 10.3 Å². The fraction of sp³-hybridized carbons (Fsp3) is 0.429. The second kappa shape index (κ2) is 6.16. The van der Waals surface area contributed by atoms with E-state index in [1.54, 1.807) is 0 Å². The van der Waals surface area contributed by atoms with E-state index in [0.29, 0.717) is 17.6 Å². The Kier molecular flexibility index (Phi) is 4.29. The Hall–Kier alpha value is -1.04. The van der Waals surface area contributed by atoms with Gasteiger partial charge in [-0.15, -0.1) is 0 Å². The third kappa shape index (κ3) is 2.85. The molecule has 1 aliphatic heterocycles. The molecule has 0 atom stereocenters. The predicted octanol–water partition coefficient (Wildman–Crippen LogP) is 3.46. The zero-order valence-electron chi connectivity index (χ0n) is 11.0. The number of rotatable bonds is 3. The van der Waals surface area contributed by atoms with Crippen molar-refractivity contribution in [3.63, 3.8) is 0 Å². The lowest BCUT2D eigenvalue weighted by Crippen LogP contribution is -2.08. The molecule has 0 saturated carbocycles. The van der Waals surface area contributed by atoms with E-state index in [1.807, 2.05) is 23.9 Å². The number of hydrogen-bond donors (Lipinski definition) is 1. The van der Waals surface area contributed by atoms with Gasteiger partial charge in [-0.1, -0.05) is 28.9 Å². The highest BCUT2D eigenvalue weighted by Crippen LogP contribution is 2.36. The first-order chi connectivity index (χ1) is 9.78. The average molecular weight is 310 g/mol. The zero-order chi connectivity index (χ0) is 13.9. The highest BCUT2D eigenvalue weighted by atomic mass is 35.5. The molecular formula is C14H16ClN3OS. The fourth-order valence-corrected chi connectivity index (χ4v) is 3.90. The minimum atomic E-state index is 0.249. The van der Waals surface area contributed by atoms with E-state index in [1.165, 1.54) is 29.9 Å². The Balaban J connectivity index is 1.86. The standard InChI is InChI=1S/C14H16ClN3OS/c15-12-7-10(14-17-13(8-16)19-18-14)1-2-11(12)9-3-5-20-6-4-9/h1-2,7,9H,3-6,8,16H2. The van der Waals surface area contributed by atoms with Crippen molar-refractivity contribution in [1.29, 1.82) is 0 Å². The predicted molar refractivity (Wildman–Crippen MR) is 81.9 cm³/mol. The maximum Gasteiger partial charge on any atom is 0.240 e. The zero-order valence-corrected chi connectivity index (χ0v) is 12.6. The Morgan fingerprint density at radius 3 is 2.80 bits per heavy atom. The topological polar surface area (TPSA) is 64.9 Å². The molecule has 0 spiro atoms. The molecule has 2 heterocycles. The molecule has 106 valence electrons. The molecule has 0 amide bonds. The van der Waals surface area contributed by atoms with Crippen LogP contribution in [0.4, 0.5) is 0 Å². The second-order valence-electron chi connectivity index (χ2n) is 4.84. The highest BCUT2D eigenvalue weighted by molar-refractivity contribution is 7.99. The summed E-state index contributed by atoms with van der Waals surface area (Å²) in [5.41, 5.74) is 7.57. The van der Waals surface area contributed by atoms with Gasteiger partial charge in [0, 0.05) is 10.6 Å². The van der Waals surface area contributed by atoms with Crippen molar-refractivity contribution in [3.05, 3.63) is 34.7 Å². The van der Waals surface area contributed by atoms with Crippen LogP contribution in [0.3, 0.4) is 0 Å². The van der Waals surface area contributed by atoms with Gasteiger partial charge in [0.15, 0.2) is 0 Å². The van der Waals surface area contributed by atoms with E-state index in [2.05, 4.69) is 16.2 Å². The Labute approximate surface area is 127 Å². The molecule has 1 saturated heterocycles. The number of thioether (sulfide) groups is 1. The molecule has 1 fully saturated rings. The van der Waals surface area contributed by atoms with Gasteiger partial charge in [-0.2, -0.15) is 16.7 Å². The van der Waals surface area contributed by atoms with Crippen molar-refractivity contribution < 1.29 is 4.52 Å². The van der Waals surface area contributed by atoms with Crippen LogP contribution in [0.25, 0.3) is 11.4 Å². The maximum absolute atomic E-state index is 6.44. The lowest BCUT2D eigenvalue weighted by Gasteiger charge is -2.22. The summed E-state index contributed by atoms with van der Waals surface area (Å²) in [6, 6.07) is 6.02. The van der Waals surface area contributed by atoms with Crippen LogP contribution in [-0.4, -0.2) is 21.6 Å². The monoisotopic (exact) mass is 309 g/mol. The molecule has 1 aromatic carbocycles. The van der Waals surface area contributed by atoms with E-state index in [9.17, 15) is 0 Å². The smallest absolute Gasteiger partial charge is 0.240 e. The van der Waals surface area contributed by atoms with Crippen molar-refractivity contribution in [2.24, 2.45) is 5.73 Å². The van der Waals surface area contributed by atoms with Crippen LogP contribution in [-0.2, 0) is 6.54 Å². The first kappa shape index (κ1) is 13.9. The molecular weight excluding hydrogens is 294 g/mol. The lowest BCUT2D eigenvalue weighted by molar-refractivity contribution is 0.380. The average Bonchev–Trinajstić information content (AvgIpc) is 2.97. The van der Waals surface area contributed by atoms with E-state index in [-0.39, 0.29) is 6.54 Å². The summed E-state index contributed by atoms with van der Waals surface area (Å²) in [5.74, 6) is 3.98. The van der Waals surface area contributed by atoms with Crippen LogP contribution in [0.1, 0.15) is 30.2 Å². The van der Waals surface area contributed by atoms with Crippen molar-refractivity contribution in [2.75, 3.05) is 11.5 Å². The summed E-state index contributed by atoms with van der Waals surface area (Å²) in [5, 5.41) is 4.70. The summed E-state index contributed by atoms with van der Waals surface area (Å²) in [6.45, 7) is 0.249. The summed E-state index contributed by atoms with van der Waals surface area (Å²) in [4.78, 5) is 4.22. The molecule has 2 aromatic rings. The van der Waals surface area contributed by atoms with E-state index >= 15 is 0 Å². The van der Waals surface area contributed by atoms with Crippen LogP contribution in [0, 0.1) is 0 Å². The maximum atomic E-state index is 6.44. The molecule has 0 bridgehead atoms. The van der Waals surface area contributed by atoms with Crippen LogP contribution < -0.4 is 5.73 Å². The summed E-state index contributed by atoms with van der Waals surface area (Å²) < 4.78 is 5.02. The highest BCUT2D eigenvalue weighted by Gasteiger charge is 2.19. The summed E-state index contributed by atoms with van der Waals surface area (Å²) >= 11 is 8.45. The van der Waals surface area contributed by atoms with Crippen LogP contribution in [0.15, 0.2) is 22.7 Å².